The number of alkyl halides is 1. The summed E-state index contributed by atoms with van der Waals surface area (Å²) in [6.07, 6.45) is 1.15. The van der Waals surface area contributed by atoms with Crippen LogP contribution in [0.3, 0.4) is 0 Å². The third-order valence-electron chi connectivity index (χ3n) is 3.55. The zero-order valence-electron chi connectivity index (χ0n) is 10.6. The average molecular weight is 326 g/mol. The van der Waals surface area contributed by atoms with E-state index in [9.17, 15) is 0 Å². The van der Waals surface area contributed by atoms with Gasteiger partial charge in [0.2, 0.25) is 0 Å². The molecule has 0 saturated heterocycles. The van der Waals surface area contributed by atoms with Crippen molar-refractivity contribution in [1.29, 1.82) is 0 Å². The van der Waals surface area contributed by atoms with Crippen LogP contribution in [0.1, 0.15) is 21.7 Å². The van der Waals surface area contributed by atoms with Crippen molar-refractivity contribution in [3.8, 4) is 0 Å². The number of halogens is 1. The Labute approximate surface area is 120 Å². The highest BCUT2D eigenvalue weighted by Gasteiger charge is 2.23. The Hall–Kier alpha value is -0.810. The fourth-order valence-corrected chi connectivity index (χ4v) is 4.22. The van der Waals surface area contributed by atoms with Gasteiger partial charge in [-0.2, -0.15) is 5.10 Å². The smallest absolute Gasteiger partial charge is 0.131 e. The van der Waals surface area contributed by atoms with Crippen molar-refractivity contribution in [2.45, 2.75) is 25.2 Å². The van der Waals surface area contributed by atoms with E-state index in [0.717, 1.165) is 30.5 Å². The number of hydrogen-bond donors (Lipinski definition) is 0. The van der Waals surface area contributed by atoms with E-state index in [0.29, 0.717) is 0 Å². The van der Waals surface area contributed by atoms with Crippen molar-refractivity contribution in [2.24, 2.45) is 7.05 Å². The van der Waals surface area contributed by atoms with Crippen molar-refractivity contribution >= 4 is 33.1 Å². The fraction of sp³-hybridized carbons (Fsp3) is 0.462. The van der Waals surface area contributed by atoms with E-state index in [1.54, 1.807) is 4.88 Å². The number of nitrogens with zero attached hydrogens (tertiary/aromatic N) is 3. The van der Waals surface area contributed by atoms with Crippen molar-refractivity contribution < 1.29 is 0 Å². The first-order chi connectivity index (χ1) is 8.70. The SMILES string of the molecule is Cc1nn(C)c(N2CCc3sccc3C2)c1CBr. The second kappa shape index (κ2) is 4.70. The van der Waals surface area contributed by atoms with Gasteiger partial charge < -0.3 is 4.90 Å². The number of aromatic nitrogens is 2. The molecule has 0 saturated carbocycles. The zero-order chi connectivity index (χ0) is 12.7. The van der Waals surface area contributed by atoms with Gasteiger partial charge in [-0.25, -0.2) is 0 Å². The summed E-state index contributed by atoms with van der Waals surface area (Å²) in [6.45, 7) is 4.18. The van der Waals surface area contributed by atoms with Gasteiger partial charge in [0.05, 0.1) is 5.69 Å². The van der Waals surface area contributed by atoms with Crippen LogP contribution in [0.15, 0.2) is 11.4 Å². The minimum atomic E-state index is 0.870. The fourth-order valence-electron chi connectivity index (χ4n) is 2.67. The molecule has 0 radical (unpaired) electrons. The zero-order valence-corrected chi connectivity index (χ0v) is 13.0. The van der Waals surface area contributed by atoms with E-state index < -0.39 is 0 Å². The maximum Gasteiger partial charge on any atom is 0.131 e. The highest BCUT2D eigenvalue weighted by molar-refractivity contribution is 9.08. The summed E-state index contributed by atoms with van der Waals surface area (Å²) in [5.41, 5.74) is 3.92. The Balaban J connectivity index is 1.97. The second-order valence-electron chi connectivity index (χ2n) is 4.69. The third kappa shape index (κ3) is 1.89. The van der Waals surface area contributed by atoms with Crippen molar-refractivity contribution in [3.05, 3.63) is 33.1 Å². The summed E-state index contributed by atoms with van der Waals surface area (Å²) >= 11 is 5.47. The van der Waals surface area contributed by atoms with Gasteiger partial charge in [0.1, 0.15) is 5.82 Å². The standard InChI is InChI=1S/C13H16BrN3S/c1-9-11(7-14)13(16(2)15-9)17-5-3-12-10(8-17)4-6-18-12/h4,6H,3,5,7-8H2,1-2H3. The predicted octanol–water partition coefficient (Wildman–Crippen LogP) is 3.25. The minimum Gasteiger partial charge on any atom is -0.352 e. The van der Waals surface area contributed by atoms with Gasteiger partial charge in [-0.1, -0.05) is 15.9 Å². The molecule has 0 unspecified atom stereocenters. The molecule has 0 aromatic carbocycles. The lowest BCUT2D eigenvalue weighted by atomic mass is 10.1. The lowest BCUT2D eigenvalue weighted by Gasteiger charge is -2.29. The molecule has 0 N–H and O–H groups in total. The Morgan fingerprint density at radius 1 is 1.50 bits per heavy atom. The highest BCUT2D eigenvalue weighted by Crippen LogP contribution is 2.31. The summed E-state index contributed by atoms with van der Waals surface area (Å²) in [4.78, 5) is 4.00. The number of rotatable bonds is 2. The molecule has 5 heteroatoms. The van der Waals surface area contributed by atoms with Crippen molar-refractivity contribution in [3.63, 3.8) is 0 Å². The largest absolute Gasteiger partial charge is 0.352 e. The van der Waals surface area contributed by atoms with Gasteiger partial charge in [-0.3, -0.25) is 4.68 Å². The van der Waals surface area contributed by atoms with Gasteiger partial charge in [0, 0.05) is 35.9 Å². The molecule has 96 valence electrons. The summed E-state index contributed by atoms with van der Waals surface area (Å²) < 4.78 is 2.02. The maximum absolute atomic E-state index is 4.55. The topological polar surface area (TPSA) is 21.1 Å². The van der Waals surface area contributed by atoms with Gasteiger partial charge in [0.25, 0.3) is 0 Å². The minimum absolute atomic E-state index is 0.870. The summed E-state index contributed by atoms with van der Waals surface area (Å²) in [5.74, 6) is 1.27. The van der Waals surface area contributed by atoms with Gasteiger partial charge in [0.15, 0.2) is 0 Å². The van der Waals surface area contributed by atoms with Crippen LogP contribution in [-0.2, 0) is 25.3 Å². The first-order valence-corrected chi connectivity index (χ1v) is 8.09. The maximum atomic E-state index is 4.55. The van der Waals surface area contributed by atoms with E-state index in [1.165, 1.54) is 16.9 Å². The molecule has 3 rings (SSSR count). The van der Waals surface area contributed by atoms with Crippen molar-refractivity contribution in [1.82, 2.24) is 9.78 Å². The molecule has 3 nitrogen and oxygen atoms in total. The van der Waals surface area contributed by atoms with Crippen LogP contribution >= 0.6 is 27.3 Å². The lowest BCUT2D eigenvalue weighted by molar-refractivity contribution is 0.672. The van der Waals surface area contributed by atoms with Crippen LogP contribution in [0, 0.1) is 6.92 Å². The summed E-state index contributed by atoms with van der Waals surface area (Å²) in [7, 11) is 2.04. The molecule has 0 fully saturated rings. The molecular formula is C13H16BrN3S. The van der Waals surface area contributed by atoms with Crippen LogP contribution < -0.4 is 4.90 Å². The van der Waals surface area contributed by atoms with E-state index in [4.69, 9.17) is 0 Å². The van der Waals surface area contributed by atoms with Crippen molar-refractivity contribution in [2.75, 3.05) is 11.4 Å². The van der Waals surface area contributed by atoms with Gasteiger partial charge in [-0.15, -0.1) is 11.3 Å². The molecule has 0 bridgehead atoms. The Kier molecular flexibility index (Phi) is 3.20. The monoisotopic (exact) mass is 325 g/mol. The number of fused-ring (bicyclic) bond motifs is 1. The molecule has 0 spiro atoms. The predicted molar refractivity (Wildman–Crippen MR) is 79.6 cm³/mol. The third-order valence-corrected chi connectivity index (χ3v) is 5.14. The lowest BCUT2D eigenvalue weighted by Crippen LogP contribution is -2.31. The Morgan fingerprint density at radius 3 is 3.11 bits per heavy atom. The molecule has 1 aliphatic heterocycles. The second-order valence-corrected chi connectivity index (χ2v) is 6.25. The molecule has 0 atom stereocenters. The average Bonchev–Trinajstić information content (AvgIpc) is 2.91. The first-order valence-electron chi connectivity index (χ1n) is 6.09. The van der Waals surface area contributed by atoms with Crippen LogP contribution in [-0.4, -0.2) is 16.3 Å². The Morgan fingerprint density at radius 2 is 2.33 bits per heavy atom. The number of hydrogen-bond acceptors (Lipinski definition) is 3. The molecule has 2 aromatic heterocycles. The van der Waals surface area contributed by atoms with E-state index in [1.807, 2.05) is 23.1 Å². The van der Waals surface area contributed by atoms with Crippen LogP contribution in [0.4, 0.5) is 5.82 Å². The molecular weight excluding hydrogens is 310 g/mol. The highest BCUT2D eigenvalue weighted by atomic mass is 79.9. The summed E-state index contributed by atoms with van der Waals surface area (Å²) in [5, 5.41) is 7.62. The molecule has 18 heavy (non-hydrogen) atoms. The molecule has 0 amide bonds. The number of anilines is 1. The quantitative estimate of drug-likeness (QED) is 0.790. The van der Waals surface area contributed by atoms with E-state index in [2.05, 4.69) is 44.3 Å². The van der Waals surface area contributed by atoms with Gasteiger partial charge >= 0.3 is 0 Å². The molecule has 3 heterocycles. The normalized spacial score (nSPS) is 14.9. The molecule has 0 aliphatic carbocycles. The molecule has 2 aromatic rings. The van der Waals surface area contributed by atoms with E-state index in [-0.39, 0.29) is 0 Å². The van der Waals surface area contributed by atoms with Gasteiger partial charge in [-0.05, 0) is 30.4 Å². The molecule has 1 aliphatic rings. The van der Waals surface area contributed by atoms with Crippen LogP contribution in [0.2, 0.25) is 0 Å². The van der Waals surface area contributed by atoms with Crippen LogP contribution in [0.25, 0.3) is 0 Å². The van der Waals surface area contributed by atoms with Crippen LogP contribution in [0.5, 0.6) is 0 Å². The number of thiophene rings is 1. The Bertz CT molecular complexity index is 573. The summed E-state index contributed by atoms with van der Waals surface area (Å²) in [6, 6.07) is 2.25. The van der Waals surface area contributed by atoms with E-state index >= 15 is 0 Å². The number of aryl methyl sites for hydroxylation is 2. The first kappa shape index (κ1) is 12.2.